The van der Waals surface area contributed by atoms with E-state index in [4.69, 9.17) is 0 Å². The third-order valence-electron chi connectivity index (χ3n) is 4.29. The maximum atomic E-state index is 4.23. The van der Waals surface area contributed by atoms with Gasteiger partial charge in [0.25, 0.3) is 0 Å². The van der Waals surface area contributed by atoms with E-state index in [-0.39, 0.29) is 0 Å². The standard InChI is InChI=1S/C17H22N2/c1-2-10-19-17-8-4-7-16(17)15-6-3-5-13-12-18-11-9-14(13)15/h3,5-6,9,11-12,16-17,19H,2,4,7-8,10H2,1H3. The van der Waals surface area contributed by atoms with Gasteiger partial charge in [0.1, 0.15) is 0 Å². The second kappa shape index (κ2) is 5.70. The van der Waals surface area contributed by atoms with Crippen molar-refractivity contribution in [2.45, 2.75) is 44.6 Å². The van der Waals surface area contributed by atoms with Gasteiger partial charge in [-0.1, -0.05) is 31.5 Å². The van der Waals surface area contributed by atoms with Crippen LogP contribution >= 0.6 is 0 Å². The van der Waals surface area contributed by atoms with Gasteiger partial charge in [0.05, 0.1) is 0 Å². The molecule has 1 heterocycles. The summed E-state index contributed by atoms with van der Waals surface area (Å²) in [6, 6.07) is 9.46. The summed E-state index contributed by atoms with van der Waals surface area (Å²) in [4.78, 5) is 4.23. The molecular formula is C17H22N2. The number of aromatic nitrogens is 1. The molecule has 0 radical (unpaired) electrons. The van der Waals surface area contributed by atoms with Crippen LogP contribution in [0.15, 0.2) is 36.7 Å². The van der Waals surface area contributed by atoms with Crippen LogP contribution in [0.3, 0.4) is 0 Å². The summed E-state index contributed by atoms with van der Waals surface area (Å²) in [5.74, 6) is 0.664. The van der Waals surface area contributed by atoms with Gasteiger partial charge in [-0.3, -0.25) is 4.98 Å². The van der Waals surface area contributed by atoms with Crippen LogP contribution < -0.4 is 5.32 Å². The SMILES string of the molecule is CCCNC1CCCC1c1cccc2cnccc12. The van der Waals surface area contributed by atoms with E-state index >= 15 is 0 Å². The Hall–Kier alpha value is -1.41. The highest BCUT2D eigenvalue weighted by molar-refractivity contribution is 5.85. The summed E-state index contributed by atoms with van der Waals surface area (Å²) in [5.41, 5.74) is 1.51. The first-order valence-corrected chi connectivity index (χ1v) is 7.46. The fourth-order valence-electron chi connectivity index (χ4n) is 3.38. The minimum Gasteiger partial charge on any atom is -0.313 e. The minimum absolute atomic E-state index is 0.652. The molecular weight excluding hydrogens is 232 g/mol. The molecule has 2 aromatic rings. The molecule has 1 aliphatic rings. The van der Waals surface area contributed by atoms with Gasteiger partial charge in [-0.15, -0.1) is 0 Å². The molecule has 1 N–H and O–H groups in total. The number of pyridine rings is 1. The van der Waals surface area contributed by atoms with E-state index in [1.165, 1.54) is 42.0 Å². The Morgan fingerprint density at radius 1 is 1.26 bits per heavy atom. The van der Waals surface area contributed by atoms with Crippen molar-refractivity contribution in [1.82, 2.24) is 10.3 Å². The Labute approximate surface area is 115 Å². The molecule has 100 valence electrons. The molecule has 1 saturated carbocycles. The molecule has 1 aliphatic carbocycles. The van der Waals surface area contributed by atoms with Gasteiger partial charge in [0, 0.05) is 23.8 Å². The van der Waals surface area contributed by atoms with E-state index in [0.29, 0.717) is 12.0 Å². The van der Waals surface area contributed by atoms with E-state index in [1.807, 2.05) is 12.4 Å². The van der Waals surface area contributed by atoms with Crippen molar-refractivity contribution in [3.05, 3.63) is 42.2 Å². The molecule has 1 aromatic heterocycles. The monoisotopic (exact) mass is 254 g/mol. The minimum atomic E-state index is 0.652. The fraction of sp³-hybridized carbons (Fsp3) is 0.471. The van der Waals surface area contributed by atoms with Crippen LogP contribution in [0.4, 0.5) is 0 Å². The van der Waals surface area contributed by atoms with E-state index in [9.17, 15) is 0 Å². The predicted molar refractivity (Wildman–Crippen MR) is 80.4 cm³/mol. The van der Waals surface area contributed by atoms with Crippen molar-refractivity contribution in [1.29, 1.82) is 0 Å². The first kappa shape index (κ1) is 12.6. The van der Waals surface area contributed by atoms with Gasteiger partial charge in [0.15, 0.2) is 0 Å². The van der Waals surface area contributed by atoms with E-state index in [2.05, 4.69) is 41.5 Å². The molecule has 0 spiro atoms. The Bertz CT molecular complexity index is 544. The Balaban J connectivity index is 1.94. The fourth-order valence-corrected chi connectivity index (χ4v) is 3.38. The Morgan fingerprint density at radius 3 is 3.11 bits per heavy atom. The van der Waals surface area contributed by atoms with Gasteiger partial charge in [-0.2, -0.15) is 0 Å². The lowest BCUT2D eigenvalue weighted by atomic mass is 9.90. The maximum Gasteiger partial charge on any atom is 0.0346 e. The highest BCUT2D eigenvalue weighted by Crippen LogP contribution is 2.37. The first-order chi connectivity index (χ1) is 9.40. The Kier molecular flexibility index (Phi) is 3.79. The molecule has 3 rings (SSSR count). The van der Waals surface area contributed by atoms with Crippen molar-refractivity contribution in [2.75, 3.05) is 6.54 Å². The zero-order valence-corrected chi connectivity index (χ0v) is 11.6. The van der Waals surface area contributed by atoms with E-state index in [0.717, 1.165) is 6.54 Å². The average molecular weight is 254 g/mol. The van der Waals surface area contributed by atoms with Crippen molar-refractivity contribution in [2.24, 2.45) is 0 Å². The van der Waals surface area contributed by atoms with Gasteiger partial charge in [-0.05, 0) is 48.7 Å². The average Bonchev–Trinajstić information content (AvgIpc) is 2.92. The quantitative estimate of drug-likeness (QED) is 0.896. The zero-order chi connectivity index (χ0) is 13.1. The van der Waals surface area contributed by atoms with Crippen molar-refractivity contribution >= 4 is 10.8 Å². The number of rotatable bonds is 4. The van der Waals surface area contributed by atoms with Gasteiger partial charge in [0.2, 0.25) is 0 Å². The van der Waals surface area contributed by atoms with Crippen LogP contribution in [0.1, 0.15) is 44.1 Å². The maximum absolute atomic E-state index is 4.23. The molecule has 2 unspecified atom stereocenters. The summed E-state index contributed by atoms with van der Waals surface area (Å²) >= 11 is 0. The molecule has 0 amide bonds. The Morgan fingerprint density at radius 2 is 2.21 bits per heavy atom. The third kappa shape index (κ3) is 2.50. The zero-order valence-electron chi connectivity index (χ0n) is 11.6. The lowest BCUT2D eigenvalue weighted by Crippen LogP contribution is -2.31. The smallest absolute Gasteiger partial charge is 0.0346 e. The lowest BCUT2D eigenvalue weighted by Gasteiger charge is -2.22. The number of hydrogen-bond donors (Lipinski definition) is 1. The second-order valence-electron chi connectivity index (χ2n) is 5.54. The van der Waals surface area contributed by atoms with Crippen LogP contribution in [-0.2, 0) is 0 Å². The third-order valence-corrected chi connectivity index (χ3v) is 4.29. The lowest BCUT2D eigenvalue weighted by molar-refractivity contribution is 0.480. The predicted octanol–water partition coefficient (Wildman–Crippen LogP) is 3.87. The first-order valence-electron chi connectivity index (χ1n) is 7.46. The van der Waals surface area contributed by atoms with Gasteiger partial charge >= 0.3 is 0 Å². The van der Waals surface area contributed by atoms with E-state index < -0.39 is 0 Å². The summed E-state index contributed by atoms with van der Waals surface area (Å²) in [5, 5.41) is 6.38. The van der Waals surface area contributed by atoms with Crippen LogP contribution in [0.2, 0.25) is 0 Å². The van der Waals surface area contributed by atoms with Gasteiger partial charge in [-0.25, -0.2) is 0 Å². The summed E-state index contributed by atoms with van der Waals surface area (Å²) in [6.45, 7) is 3.37. The number of nitrogens with zero attached hydrogens (tertiary/aromatic N) is 1. The highest BCUT2D eigenvalue weighted by Gasteiger charge is 2.28. The van der Waals surface area contributed by atoms with Crippen LogP contribution in [0.5, 0.6) is 0 Å². The van der Waals surface area contributed by atoms with Crippen LogP contribution in [0.25, 0.3) is 10.8 Å². The molecule has 0 bridgehead atoms. The van der Waals surface area contributed by atoms with Crippen LogP contribution in [-0.4, -0.2) is 17.6 Å². The number of nitrogens with one attached hydrogen (secondary N) is 1. The second-order valence-corrected chi connectivity index (χ2v) is 5.54. The topological polar surface area (TPSA) is 24.9 Å². The van der Waals surface area contributed by atoms with Crippen molar-refractivity contribution < 1.29 is 0 Å². The summed E-state index contributed by atoms with van der Waals surface area (Å²) in [7, 11) is 0. The molecule has 2 heteroatoms. The molecule has 0 aliphatic heterocycles. The molecule has 2 atom stereocenters. The molecule has 19 heavy (non-hydrogen) atoms. The van der Waals surface area contributed by atoms with Gasteiger partial charge < -0.3 is 5.32 Å². The molecule has 0 saturated heterocycles. The largest absolute Gasteiger partial charge is 0.313 e. The molecule has 1 aromatic carbocycles. The number of fused-ring (bicyclic) bond motifs is 1. The number of hydrogen-bond acceptors (Lipinski definition) is 2. The number of benzene rings is 1. The molecule has 2 nitrogen and oxygen atoms in total. The van der Waals surface area contributed by atoms with Crippen LogP contribution in [0, 0.1) is 0 Å². The normalized spacial score (nSPS) is 23.0. The van der Waals surface area contributed by atoms with E-state index in [1.54, 1.807) is 0 Å². The summed E-state index contributed by atoms with van der Waals surface area (Å²) < 4.78 is 0. The summed E-state index contributed by atoms with van der Waals surface area (Å²) in [6.07, 6.45) is 9.06. The highest BCUT2D eigenvalue weighted by atomic mass is 14.9. The molecule has 1 fully saturated rings. The van der Waals surface area contributed by atoms with Crippen molar-refractivity contribution in [3.8, 4) is 0 Å². The van der Waals surface area contributed by atoms with Crippen molar-refractivity contribution in [3.63, 3.8) is 0 Å².